The molecule has 88 valence electrons. The van der Waals surface area contributed by atoms with Gasteiger partial charge in [-0.1, -0.05) is 13.3 Å². The Bertz CT molecular complexity index is 289. The Hall–Kier alpha value is -0.890. The number of unbranched alkanes of at least 4 members (excludes halogenated alkanes) is 1. The zero-order valence-electron chi connectivity index (χ0n) is 10.2. The molecule has 1 aliphatic heterocycles. The fourth-order valence-electron chi connectivity index (χ4n) is 2.51. The molecular weight excluding hydrogens is 196 g/mol. The van der Waals surface area contributed by atoms with Crippen LogP contribution in [0.1, 0.15) is 44.1 Å². The van der Waals surface area contributed by atoms with Crippen molar-refractivity contribution in [3.8, 4) is 0 Å². The second kappa shape index (κ2) is 6.00. The second-order valence-corrected chi connectivity index (χ2v) is 4.75. The van der Waals surface area contributed by atoms with Crippen LogP contribution in [0.15, 0.2) is 24.5 Å². The molecule has 1 fully saturated rings. The molecule has 16 heavy (non-hydrogen) atoms. The highest BCUT2D eigenvalue weighted by molar-refractivity contribution is 5.16. The van der Waals surface area contributed by atoms with Crippen molar-refractivity contribution in [3.63, 3.8) is 0 Å². The average molecular weight is 218 g/mol. The van der Waals surface area contributed by atoms with Crippen molar-refractivity contribution in [1.82, 2.24) is 9.88 Å². The number of nitrogens with zero attached hydrogens (tertiary/aromatic N) is 2. The maximum Gasteiger partial charge on any atom is 0.0270 e. The minimum Gasteiger partial charge on any atom is -0.303 e. The van der Waals surface area contributed by atoms with Gasteiger partial charge in [-0.25, -0.2) is 0 Å². The summed E-state index contributed by atoms with van der Waals surface area (Å²) in [5, 5.41) is 0. The largest absolute Gasteiger partial charge is 0.303 e. The fraction of sp³-hybridized carbons (Fsp3) is 0.643. The van der Waals surface area contributed by atoms with E-state index in [-0.39, 0.29) is 0 Å². The van der Waals surface area contributed by atoms with Crippen molar-refractivity contribution < 1.29 is 0 Å². The summed E-state index contributed by atoms with van der Waals surface area (Å²) < 4.78 is 0. The van der Waals surface area contributed by atoms with Gasteiger partial charge in [-0.2, -0.15) is 0 Å². The smallest absolute Gasteiger partial charge is 0.0270 e. The van der Waals surface area contributed by atoms with Crippen molar-refractivity contribution in [2.24, 2.45) is 0 Å². The fourth-order valence-corrected chi connectivity index (χ4v) is 2.51. The van der Waals surface area contributed by atoms with E-state index >= 15 is 0 Å². The Labute approximate surface area is 98.7 Å². The van der Waals surface area contributed by atoms with Crippen LogP contribution in [0.5, 0.6) is 0 Å². The number of aromatic nitrogens is 1. The van der Waals surface area contributed by atoms with E-state index in [1.165, 1.54) is 50.9 Å². The van der Waals surface area contributed by atoms with E-state index in [1.54, 1.807) is 0 Å². The van der Waals surface area contributed by atoms with Crippen LogP contribution < -0.4 is 0 Å². The molecule has 0 unspecified atom stereocenters. The maximum atomic E-state index is 4.09. The molecule has 0 atom stereocenters. The molecule has 0 bridgehead atoms. The van der Waals surface area contributed by atoms with Crippen molar-refractivity contribution >= 4 is 0 Å². The van der Waals surface area contributed by atoms with Crippen LogP contribution in [0.3, 0.4) is 0 Å². The van der Waals surface area contributed by atoms with Gasteiger partial charge in [0.15, 0.2) is 0 Å². The lowest BCUT2D eigenvalue weighted by Crippen LogP contribution is -2.33. The highest BCUT2D eigenvalue weighted by atomic mass is 15.1. The Morgan fingerprint density at radius 3 is 2.56 bits per heavy atom. The van der Waals surface area contributed by atoms with E-state index in [4.69, 9.17) is 0 Å². The predicted molar refractivity (Wildman–Crippen MR) is 67.6 cm³/mol. The summed E-state index contributed by atoms with van der Waals surface area (Å²) in [4.78, 5) is 6.70. The van der Waals surface area contributed by atoms with Gasteiger partial charge in [0.25, 0.3) is 0 Å². The zero-order chi connectivity index (χ0) is 11.2. The number of likely N-dealkylation sites (tertiary alicyclic amines) is 1. The monoisotopic (exact) mass is 218 g/mol. The van der Waals surface area contributed by atoms with Crippen LogP contribution >= 0.6 is 0 Å². The second-order valence-electron chi connectivity index (χ2n) is 4.75. The van der Waals surface area contributed by atoms with Gasteiger partial charge in [0.05, 0.1) is 0 Å². The number of pyridine rings is 1. The summed E-state index contributed by atoms with van der Waals surface area (Å²) >= 11 is 0. The minimum atomic E-state index is 0.765. The Kier molecular flexibility index (Phi) is 4.34. The molecule has 1 saturated heterocycles. The molecule has 0 saturated carbocycles. The van der Waals surface area contributed by atoms with Gasteiger partial charge in [-0.05, 0) is 62.5 Å². The Morgan fingerprint density at radius 2 is 1.94 bits per heavy atom. The molecule has 0 N–H and O–H groups in total. The van der Waals surface area contributed by atoms with E-state index in [1.807, 2.05) is 12.4 Å². The molecule has 1 aromatic rings. The minimum absolute atomic E-state index is 0.765. The van der Waals surface area contributed by atoms with Gasteiger partial charge in [0, 0.05) is 12.4 Å². The normalized spacial score (nSPS) is 18.8. The summed E-state index contributed by atoms with van der Waals surface area (Å²) in [5.41, 5.74) is 1.48. The molecule has 0 spiro atoms. The number of rotatable bonds is 4. The van der Waals surface area contributed by atoms with E-state index in [0.29, 0.717) is 0 Å². The highest BCUT2D eigenvalue weighted by Gasteiger charge is 2.19. The Morgan fingerprint density at radius 1 is 1.25 bits per heavy atom. The highest BCUT2D eigenvalue weighted by Crippen LogP contribution is 2.27. The van der Waals surface area contributed by atoms with Crippen molar-refractivity contribution in [1.29, 1.82) is 0 Å². The quantitative estimate of drug-likeness (QED) is 0.772. The molecule has 2 heteroatoms. The number of piperidine rings is 1. The molecular formula is C14H22N2. The molecule has 2 rings (SSSR count). The molecule has 2 nitrogen and oxygen atoms in total. The molecule has 1 aromatic heterocycles. The molecule has 0 radical (unpaired) electrons. The summed E-state index contributed by atoms with van der Waals surface area (Å²) in [6.07, 6.45) is 9.11. The van der Waals surface area contributed by atoms with E-state index < -0.39 is 0 Å². The molecule has 2 heterocycles. The predicted octanol–water partition coefficient (Wildman–Crippen LogP) is 3.06. The first kappa shape index (κ1) is 11.6. The van der Waals surface area contributed by atoms with Gasteiger partial charge in [0.1, 0.15) is 0 Å². The van der Waals surface area contributed by atoms with Crippen LogP contribution in [0.4, 0.5) is 0 Å². The molecule has 0 aromatic carbocycles. The van der Waals surface area contributed by atoms with Gasteiger partial charge < -0.3 is 4.90 Å². The summed E-state index contributed by atoms with van der Waals surface area (Å²) in [6, 6.07) is 4.35. The third kappa shape index (κ3) is 3.05. The standard InChI is InChI=1S/C14H22N2/c1-2-3-10-16-11-6-14(7-12-16)13-4-8-15-9-5-13/h4-5,8-9,14H,2-3,6-7,10-12H2,1H3. The first-order valence-electron chi connectivity index (χ1n) is 6.52. The van der Waals surface area contributed by atoms with Gasteiger partial charge in [-0.3, -0.25) is 4.98 Å². The maximum absolute atomic E-state index is 4.09. The van der Waals surface area contributed by atoms with Crippen molar-refractivity contribution in [2.45, 2.75) is 38.5 Å². The number of hydrogen-bond acceptors (Lipinski definition) is 2. The van der Waals surface area contributed by atoms with Crippen molar-refractivity contribution in [3.05, 3.63) is 30.1 Å². The third-order valence-electron chi connectivity index (χ3n) is 3.59. The molecule has 0 aliphatic carbocycles. The van der Waals surface area contributed by atoms with E-state index in [2.05, 4.69) is 28.9 Å². The zero-order valence-corrected chi connectivity index (χ0v) is 10.2. The van der Waals surface area contributed by atoms with Crippen molar-refractivity contribution in [2.75, 3.05) is 19.6 Å². The lowest BCUT2D eigenvalue weighted by molar-refractivity contribution is 0.209. The summed E-state index contributed by atoms with van der Waals surface area (Å²) in [5.74, 6) is 0.765. The van der Waals surface area contributed by atoms with Crippen LogP contribution in [-0.4, -0.2) is 29.5 Å². The summed E-state index contributed by atoms with van der Waals surface area (Å²) in [7, 11) is 0. The third-order valence-corrected chi connectivity index (χ3v) is 3.59. The number of hydrogen-bond donors (Lipinski definition) is 0. The first-order valence-corrected chi connectivity index (χ1v) is 6.52. The first-order chi connectivity index (χ1) is 7.90. The van der Waals surface area contributed by atoms with E-state index in [9.17, 15) is 0 Å². The van der Waals surface area contributed by atoms with Crippen LogP contribution in [0.2, 0.25) is 0 Å². The molecule has 0 amide bonds. The van der Waals surface area contributed by atoms with Crippen LogP contribution in [0.25, 0.3) is 0 Å². The summed E-state index contributed by atoms with van der Waals surface area (Å²) in [6.45, 7) is 6.10. The van der Waals surface area contributed by atoms with E-state index in [0.717, 1.165) is 5.92 Å². The lowest BCUT2D eigenvalue weighted by atomic mass is 9.90. The lowest BCUT2D eigenvalue weighted by Gasteiger charge is -2.32. The topological polar surface area (TPSA) is 16.1 Å². The SMILES string of the molecule is CCCCN1CCC(c2ccncc2)CC1. The van der Waals surface area contributed by atoms with Crippen LogP contribution in [-0.2, 0) is 0 Å². The van der Waals surface area contributed by atoms with Gasteiger partial charge >= 0.3 is 0 Å². The molecule has 1 aliphatic rings. The van der Waals surface area contributed by atoms with Gasteiger partial charge in [0.2, 0.25) is 0 Å². The Balaban J connectivity index is 1.81. The van der Waals surface area contributed by atoms with Gasteiger partial charge in [-0.15, -0.1) is 0 Å². The van der Waals surface area contributed by atoms with Crippen LogP contribution in [0, 0.1) is 0 Å². The average Bonchev–Trinajstić information content (AvgIpc) is 2.38.